The van der Waals surface area contributed by atoms with Crippen LogP contribution in [0.15, 0.2) is 54.6 Å². The van der Waals surface area contributed by atoms with E-state index < -0.39 is 5.97 Å². The molecule has 0 saturated carbocycles. The van der Waals surface area contributed by atoms with Crippen LogP contribution in [0.3, 0.4) is 0 Å². The highest BCUT2D eigenvalue weighted by molar-refractivity contribution is 6.34. The van der Waals surface area contributed by atoms with Gasteiger partial charge >= 0.3 is 5.97 Å². The summed E-state index contributed by atoms with van der Waals surface area (Å²) in [5.74, 6) is -0.131. The fourth-order valence-corrected chi connectivity index (χ4v) is 3.56. The second-order valence-corrected chi connectivity index (χ2v) is 7.63. The summed E-state index contributed by atoms with van der Waals surface area (Å²) in [6, 6.07) is 15.6. The molecule has 0 fully saturated rings. The van der Waals surface area contributed by atoms with Crippen LogP contribution in [0.25, 0.3) is 0 Å². The summed E-state index contributed by atoms with van der Waals surface area (Å²) in [7, 11) is 1.54. The number of nitrogens with one attached hydrogen (secondary N) is 1. The number of carboxylic acid groups (broad SMARTS) is 1. The van der Waals surface area contributed by atoms with Crippen LogP contribution in [0.5, 0.6) is 11.5 Å². The smallest absolute Gasteiger partial charge is 0.337 e. The van der Waals surface area contributed by atoms with Crippen LogP contribution in [0.4, 0.5) is 5.69 Å². The standard InChI is InChI=1S/C22H18Cl3NO4/c1-29-20-9-14(11-26-16-5-6-17(22(27)28)18(24)10-16)8-19(25)21(20)30-12-13-3-2-4-15(23)7-13/h2-10,26H,11-12H2,1H3,(H,27,28). The zero-order valence-electron chi connectivity index (χ0n) is 15.9. The average Bonchev–Trinajstić information content (AvgIpc) is 2.71. The van der Waals surface area contributed by atoms with Crippen molar-refractivity contribution in [3.05, 3.63) is 86.4 Å². The van der Waals surface area contributed by atoms with Crippen LogP contribution in [-0.4, -0.2) is 18.2 Å². The second-order valence-electron chi connectivity index (χ2n) is 6.38. The van der Waals surface area contributed by atoms with Gasteiger partial charge in [-0.05, 0) is 53.6 Å². The lowest BCUT2D eigenvalue weighted by molar-refractivity contribution is 0.0697. The molecular formula is C22H18Cl3NO4. The van der Waals surface area contributed by atoms with E-state index in [1.54, 1.807) is 31.4 Å². The van der Waals surface area contributed by atoms with Gasteiger partial charge in [-0.25, -0.2) is 4.79 Å². The maximum atomic E-state index is 11.1. The Morgan fingerprint density at radius 1 is 1.00 bits per heavy atom. The summed E-state index contributed by atoms with van der Waals surface area (Å²) in [5.41, 5.74) is 2.49. The molecule has 0 heterocycles. The molecule has 0 aromatic heterocycles. The van der Waals surface area contributed by atoms with E-state index in [0.717, 1.165) is 11.1 Å². The second kappa shape index (κ2) is 9.94. The molecule has 8 heteroatoms. The van der Waals surface area contributed by atoms with E-state index >= 15 is 0 Å². The first kappa shape index (κ1) is 22.1. The fraction of sp³-hybridized carbons (Fsp3) is 0.136. The lowest BCUT2D eigenvalue weighted by Crippen LogP contribution is -2.03. The number of ether oxygens (including phenoxy) is 2. The van der Waals surface area contributed by atoms with Gasteiger partial charge in [0, 0.05) is 17.3 Å². The molecule has 30 heavy (non-hydrogen) atoms. The number of hydrogen-bond acceptors (Lipinski definition) is 4. The van der Waals surface area contributed by atoms with Crippen LogP contribution in [0.1, 0.15) is 21.5 Å². The molecule has 2 N–H and O–H groups in total. The lowest BCUT2D eigenvalue weighted by atomic mass is 10.1. The summed E-state index contributed by atoms with van der Waals surface area (Å²) in [6.07, 6.45) is 0. The quantitative estimate of drug-likeness (QED) is 0.394. The summed E-state index contributed by atoms with van der Waals surface area (Å²) < 4.78 is 11.3. The van der Waals surface area contributed by atoms with Gasteiger partial charge in [-0.1, -0.05) is 46.9 Å². The highest BCUT2D eigenvalue weighted by atomic mass is 35.5. The van der Waals surface area contributed by atoms with Crippen LogP contribution < -0.4 is 14.8 Å². The van der Waals surface area contributed by atoms with Gasteiger partial charge in [-0.2, -0.15) is 0 Å². The molecule has 5 nitrogen and oxygen atoms in total. The predicted molar refractivity (Wildman–Crippen MR) is 120 cm³/mol. The van der Waals surface area contributed by atoms with Crippen LogP contribution in [-0.2, 0) is 13.2 Å². The third kappa shape index (κ3) is 5.51. The van der Waals surface area contributed by atoms with E-state index in [-0.39, 0.29) is 10.6 Å². The molecule has 0 radical (unpaired) electrons. The normalized spacial score (nSPS) is 10.5. The number of aromatic carboxylic acids is 1. The summed E-state index contributed by atoms with van der Waals surface area (Å²) >= 11 is 18.4. The van der Waals surface area contributed by atoms with E-state index in [9.17, 15) is 4.79 Å². The predicted octanol–water partition coefficient (Wildman–Crippen LogP) is 6.54. The molecule has 0 amide bonds. The van der Waals surface area contributed by atoms with Crippen molar-refractivity contribution in [1.82, 2.24) is 0 Å². The van der Waals surface area contributed by atoms with Crippen molar-refractivity contribution in [1.29, 1.82) is 0 Å². The average molecular weight is 467 g/mol. The third-order valence-corrected chi connectivity index (χ3v) is 5.09. The number of rotatable bonds is 8. The highest BCUT2D eigenvalue weighted by Gasteiger charge is 2.13. The van der Waals surface area contributed by atoms with Gasteiger partial charge in [0.2, 0.25) is 0 Å². The topological polar surface area (TPSA) is 67.8 Å². The van der Waals surface area contributed by atoms with Crippen molar-refractivity contribution in [2.75, 3.05) is 12.4 Å². The number of methoxy groups -OCH3 is 1. The maximum absolute atomic E-state index is 11.1. The number of anilines is 1. The molecule has 3 aromatic rings. The Morgan fingerprint density at radius 2 is 1.80 bits per heavy atom. The molecule has 0 aliphatic rings. The Morgan fingerprint density at radius 3 is 2.47 bits per heavy atom. The molecule has 156 valence electrons. The van der Waals surface area contributed by atoms with E-state index in [0.29, 0.717) is 40.4 Å². The molecule has 0 aliphatic carbocycles. The maximum Gasteiger partial charge on any atom is 0.337 e. The van der Waals surface area contributed by atoms with Crippen LogP contribution in [0, 0.1) is 0 Å². The van der Waals surface area contributed by atoms with Crippen LogP contribution in [0.2, 0.25) is 15.1 Å². The van der Waals surface area contributed by atoms with Crippen molar-refractivity contribution in [2.45, 2.75) is 13.2 Å². The molecule has 0 bridgehead atoms. The minimum Gasteiger partial charge on any atom is -0.493 e. The molecule has 0 unspecified atom stereocenters. The largest absolute Gasteiger partial charge is 0.493 e. The first-order valence-electron chi connectivity index (χ1n) is 8.87. The van der Waals surface area contributed by atoms with Gasteiger partial charge in [0.25, 0.3) is 0 Å². The van der Waals surface area contributed by atoms with E-state index in [1.165, 1.54) is 6.07 Å². The van der Waals surface area contributed by atoms with Gasteiger partial charge in [-0.15, -0.1) is 0 Å². The SMILES string of the molecule is COc1cc(CNc2ccc(C(=O)O)c(Cl)c2)cc(Cl)c1OCc1cccc(Cl)c1. The number of carbonyl (C=O) groups is 1. The first-order valence-corrected chi connectivity index (χ1v) is 10.0. The Balaban J connectivity index is 1.72. The molecular weight excluding hydrogens is 449 g/mol. The highest BCUT2D eigenvalue weighted by Crippen LogP contribution is 2.37. The van der Waals surface area contributed by atoms with E-state index in [2.05, 4.69) is 5.32 Å². The van der Waals surface area contributed by atoms with Crippen molar-refractivity contribution < 1.29 is 19.4 Å². The van der Waals surface area contributed by atoms with Gasteiger partial charge in [0.1, 0.15) is 6.61 Å². The van der Waals surface area contributed by atoms with E-state index in [1.807, 2.05) is 24.3 Å². The molecule has 0 atom stereocenters. The molecule has 3 aromatic carbocycles. The van der Waals surface area contributed by atoms with Gasteiger partial charge in [0.05, 0.1) is 22.7 Å². The van der Waals surface area contributed by atoms with Gasteiger partial charge in [0.15, 0.2) is 11.5 Å². The summed E-state index contributed by atoms with van der Waals surface area (Å²) in [6.45, 7) is 0.718. The van der Waals surface area contributed by atoms with Crippen molar-refractivity contribution in [2.24, 2.45) is 0 Å². The zero-order valence-corrected chi connectivity index (χ0v) is 18.2. The number of benzene rings is 3. The fourth-order valence-electron chi connectivity index (χ4n) is 2.80. The Kier molecular flexibility index (Phi) is 7.32. The molecule has 3 rings (SSSR count). The number of halogens is 3. The Labute approximate surface area is 189 Å². The lowest BCUT2D eigenvalue weighted by Gasteiger charge is -2.15. The summed E-state index contributed by atoms with van der Waals surface area (Å²) in [4.78, 5) is 11.1. The van der Waals surface area contributed by atoms with Gasteiger partial charge in [-0.3, -0.25) is 0 Å². The molecule has 0 spiro atoms. The Bertz CT molecular complexity index is 1070. The number of carboxylic acids is 1. The monoisotopic (exact) mass is 465 g/mol. The zero-order chi connectivity index (χ0) is 21.7. The Hall–Kier alpha value is -2.60. The van der Waals surface area contributed by atoms with Crippen molar-refractivity contribution in [3.63, 3.8) is 0 Å². The van der Waals surface area contributed by atoms with Crippen molar-refractivity contribution in [3.8, 4) is 11.5 Å². The van der Waals surface area contributed by atoms with Gasteiger partial charge < -0.3 is 19.9 Å². The summed E-state index contributed by atoms with van der Waals surface area (Å²) in [5, 5.41) is 13.4. The van der Waals surface area contributed by atoms with Crippen LogP contribution >= 0.6 is 34.8 Å². The molecule has 0 saturated heterocycles. The first-order chi connectivity index (χ1) is 14.4. The minimum atomic E-state index is -1.07. The van der Waals surface area contributed by atoms with E-state index in [4.69, 9.17) is 49.4 Å². The molecule has 0 aliphatic heterocycles. The minimum absolute atomic E-state index is 0.0492. The number of hydrogen-bond donors (Lipinski definition) is 2. The van der Waals surface area contributed by atoms with Crippen molar-refractivity contribution >= 4 is 46.5 Å². The third-order valence-electron chi connectivity index (χ3n) is 4.26.